The molecule has 1 aromatic carbocycles. The second-order valence-electron chi connectivity index (χ2n) is 5.98. The Bertz CT molecular complexity index is 917. The van der Waals surface area contributed by atoms with Crippen molar-refractivity contribution in [3.8, 4) is 0 Å². The number of hydrogen-bond donors (Lipinski definition) is 1. The van der Waals surface area contributed by atoms with Gasteiger partial charge in [-0.25, -0.2) is 14.2 Å². The fourth-order valence-electron chi connectivity index (χ4n) is 2.63. The van der Waals surface area contributed by atoms with Crippen LogP contribution in [0.3, 0.4) is 0 Å². The molecule has 0 saturated heterocycles. The normalized spacial score (nSPS) is 11.7. The number of nitrogens with zero attached hydrogens (tertiary/aromatic N) is 3. The van der Waals surface area contributed by atoms with Gasteiger partial charge in [0.05, 0.1) is 12.8 Å². The summed E-state index contributed by atoms with van der Waals surface area (Å²) in [5.41, 5.74) is 2.70. The smallest absolute Gasteiger partial charge is 0.341 e. The largest absolute Gasteiger partial charge is 0.465 e. The lowest BCUT2D eigenvalue weighted by atomic mass is 10.1. The van der Waals surface area contributed by atoms with Gasteiger partial charge in [-0.2, -0.15) is 0 Å². The molecule has 0 saturated carbocycles. The van der Waals surface area contributed by atoms with E-state index in [0.717, 1.165) is 17.0 Å². The van der Waals surface area contributed by atoms with E-state index in [1.54, 1.807) is 42.9 Å². The first-order valence-corrected chi connectivity index (χ1v) is 8.42. The van der Waals surface area contributed by atoms with Gasteiger partial charge < -0.3 is 10.1 Å². The first-order chi connectivity index (χ1) is 13.1. The molecule has 2 heterocycles. The molecule has 1 atom stereocenters. The Morgan fingerprint density at radius 3 is 2.59 bits per heavy atom. The summed E-state index contributed by atoms with van der Waals surface area (Å²) < 4.78 is 18.0. The molecule has 0 spiro atoms. The Balaban J connectivity index is 1.88. The third kappa shape index (κ3) is 4.63. The Kier molecular flexibility index (Phi) is 5.71. The molecule has 7 heteroatoms. The molecule has 0 bridgehead atoms. The van der Waals surface area contributed by atoms with Crippen molar-refractivity contribution in [2.75, 3.05) is 12.4 Å². The van der Waals surface area contributed by atoms with Crippen molar-refractivity contribution in [2.45, 2.75) is 19.4 Å². The SMILES string of the molecule is COC(=O)c1ccc(Cc2cnccn2)nc1N[C@@H](C)c1ccc(F)cc1. The summed E-state index contributed by atoms with van der Waals surface area (Å²) in [6.07, 6.45) is 5.38. The third-order valence-electron chi connectivity index (χ3n) is 4.06. The fourth-order valence-corrected chi connectivity index (χ4v) is 2.63. The first-order valence-electron chi connectivity index (χ1n) is 8.42. The number of aromatic nitrogens is 3. The van der Waals surface area contributed by atoms with Crippen LogP contribution in [0, 0.1) is 5.82 Å². The van der Waals surface area contributed by atoms with Crippen LogP contribution in [-0.2, 0) is 11.2 Å². The van der Waals surface area contributed by atoms with Crippen LogP contribution in [0.1, 0.15) is 40.3 Å². The molecule has 27 heavy (non-hydrogen) atoms. The van der Waals surface area contributed by atoms with Gasteiger partial charge in [-0.3, -0.25) is 9.97 Å². The van der Waals surface area contributed by atoms with E-state index in [9.17, 15) is 9.18 Å². The fraction of sp³-hybridized carbons (Fsp3) is 0.200. The summed E-state index contributed by atoms with van der Waals surface area (Å²) in [5.74, 6) is -0.382. The van der Waals surface area contributed by atoms with Gasteiger partial charge in [0.15, 0.2) is 0 Å². The van der Waals surface area contributed by atoms with E-state index in [-0.39, 0.29) is 11.9 Å². The third-order valence-corrected chi connectivity index (χ3v) is 4.06. The topological polar surface area (TPSA) is 77.0 Å². The second kappa shape index (κ2) is 8.35. The van der Waals surface area contributed by atoms with Crippen molar-refractivity contribution in [2.24, 2.45) is 0 Å². The first kappa shape index (κ1) is 18.4. The average molecular weight is 366 g/mol. The summed E-state index contributed by atoms with van der Waals surface area (Å²) in [7, 11) is 1.32. The Morgan fingerprint density at radius 2 is 1.93 bits per heavy atom. The quantitative estimate of drug-likeness (QED) is 0.672. The predicted octanol–water partition coefficient (Wildman–Crippen LogP) is 3.56. The number of anilines is 1. The van der Waals surface area contributed by atoms with Gasteiger partial charge >= 0.3 is 5.97 Å². The van der Waals surface area contributed by atoms with E-state index in [0.29, 0.717) is 17.8 Å². The molecule has 3 rings (SSSR count). The summed E-state index contributed by atoms with van der Waals surface area (Å²) in [6, 6.07) is 9.41. The molecule has 138 valence electrons. The molecule has 3 aromatic rings. The number of methoxy groups -OCH3 is 1. The summed E-state index contributed by atoms with van der Waals surface area (Å²) in [6.45, 7) is 1.91. The van der Waals surface area contributed by atoms with Crippen LogP contribution in [0.15, 0.2) is 55.0 Å². The van der Waals surface area contributed by atoms with Crippen LogP contribution in [0.25, 0.3) is 0 Å². The molecule has 2 aromatic heterocycles. The number of hydrogen-bond acceptors (Lipinski definition) is 6. The van der Waals surface area contributed by atoms with Crippen LogP contribution >= 0.6 is 0 Å². The lowest BCUT2D eigenvalue weighted by molar-refractivity contribution is 0.0601. The van der Waals surface area contributed by atoms with Crippen LogP contribution in [0.2, 0.25) is 0 Å². The van der Waals surface area contributed by atoms with Crippen molar-refractivity contribution in [3.05, 3.63) is 83.3 Å². The summed E-state index contributed by atoms with van der Waals surface area (Å²) in [5, 5.41) is 3.22. The highest BCUT2D eigenvalue weighted by molar-refractivity contribution is 5.94. The summed E-state index contributed by atoms with van der Waals surface area (Å²) in [4.78, 5) is 24.9. The van der Waals surface area contributed by atoms with Crippen LogP contribution < -0.4 is 5.32 Å². The Hall–Kier alpha value is -3.35. The number of ether oxygens (including phenoxy) is 1. The minimum Gasteiger partial charge on any atom is -0.465 e. The molecule has 0 radical (unpaired) electrons. The van der Waals surface area contributed by atoms with E-state index < -0.39 is 5.97 Å². The van der Waals surface area contributed by atoms with Crippen LogP contribution in [0.4, 0.5) is 10.2 Å². The van der Waals surface area contributed by atoms with E-state index in [4.69, 9.17) is 4.74 Å². The Labute approximate surface area is 156 Å². The van der Waals surface area contributed by atoms with Gasteiger partial charge in [0.2, 0.25) is 0 Å². The van der Waals surface area contributed by atoms with Crippen molar-refractivity contribution in [1.29, 1.82) is 0 Å². The monoisotopic (exact) mass is 366 g/mol. The molecule has 0 aliphatic heterocycles. The van der Waals surface area contributed by atoms with E-state index in [2.05, 4.69) is 20.3 Å². The van der Waals surface area contributed by atoms with E-state index in [1.807, 2.05) is 6.92 Å². The van der Waals surface area contributed by atoms with Crippen molar-refractivity contribution in [3.63, 3.8) is 0 Å². The highest BCUT2D eigenvalue weighted by atomic mass is 19.1. The molecule has 0 aliphatic carbocycles. The van der Waals surface area contributed by atoms with Crippen molar-refractivity contribution < 1.29 is 13.9 Å². The second-order valence-corrected chi connectivity index (χ2v) is 5.98. The Morgan fingerprint density at radius 1 is 1.15 bits per heavy atom. The lowest BCUT2D eigenvalue weighted by Gasteiger charge is -2.18. The highest BCUT2D eigenvalue weighted by Crippen LogP contribution is 2.23. The standard InChI is InChI=1S/C20H19FN4O2/c1-13(14-3-5-15(21)6-4-14)24-19-18(20(26)27-2)8-7-16(25-19)11-17-12-22-9-10-23-17/h3-10,12-13H,11H2,1-2H3,(H,24,25)/t13-/m0/s1. The van der Waals surface area contributed by atoms with Gasteiger partial charge in [0.1, 0.15) is 17.2 Å². The molecule has 0 unspecified atom stereocenters. The van der Waals surface area contributed by atoms with Gasteiger partial charge in [-0.05, 0) is 36.8 Å². The van der Waals surface area contributed by atoms with Gasteiger partial charge in [-0.15, -0.1) is 0 Å². The van der Waals surface area contributed by atoms with Crippen molar-refractivity contribution >= 4 is 11.8 Å². The number of carbonyl (C=O) groups excluding carboxylic acids is 1. The van der Waals surface area contributed by atoms with Gasteiger partial charge in [0, 0.05) is 36.7 Å². The van der Waals surface area contributed by atoms with Gasteiger partial charge in [-0.1, -0.05) is 12.1 Å². The average Bonchev–Trinajstić information content (AvgIpc) is 2.69. The zero-order chi connectivity index (χ0) is 19.2. The number of benzene rings is 1. The summed E-state index contributed by atoms with van der Waals surface area (Å²) >= 11 is 0. The molecule has 1 N–H and O–H groups in total. The maximum atomic E-state index is 13.1. The molecular formula is C20H19FN4O2. The number of rotatable bonds is 6. The number of halogens is 1. The zero-order valence-electron chi connectivity index (χ0n) is 15.0. The maximum absolute atomic E-state index is 13.1. The molecule has 6 nitrogen and oxygen atoms in total. The van der Waals surface area contributed by atoms with E-state index in [1.165, 1.54) is 19.2 Å². The number of carbonyl (C=O) groups is 1. The van der Waals surface area contributed by atoms with E-state index >= 15 is 0 Å². The molecule has 0 fully saturated rings. The minimum absolute atomic E-state index is 0.187. The number of nitrogens with one attached hydrogen (secondary N) is 1. The molecular weight excluding hydrogens is 347 g/mol. The number of pyridine rings is 1. The highest BCUT2D eigenvalue weighted by Gasteiger charge is 2.17. The van der Waals surface area contributed by atoms with Crippen LogP contribution in [-0.4, -0.2) is 28.0 Å². The van der Waals surface area contributed by atoms with Crippen molar-refractivity contribution in [1.82, 2.24) is 15.0 Å². The number of esters is 1. The molecule has 0 amide bonds. The minimum atomic E-state index is -0.484. The maximum Gasteiger partial charge on any atom is 0.341 e. The van der Waals surface area contributed by atoms with Crippen LogP contribution in [0.5, 0.6) is 0 Å². The molecule has 0 aliphatic rings. The predicted molar refractivity (Wildman–Crippen MR) is 98.9 cm³/mol. The zero-order valence-corrected chi connectivity index (χ0v) is 15.0. The lowest BCUT2D eigenvalue weighted by Crippen LogP contribution is -2.14. The van der Waals surface area contributed by atoms with Gasteiger partial charge in [0.25, 0.3) is 0 Å².